The van der Waals surface area contributed by atoms with E-state index >= 15 is 0 Å². The molecule has 3 N–H and O–H groups in total. The second-order valence-corrected chi connectivity index (χ2v) is 11.1. The van der Waals surface area contributed by atoms with E-state index in [1.54, 1.807) is 42.2 Å². The highest BCUT2D eigenvalue weighted by atomic mass is 16.2. The number of aryl methyl sites for hydroxylation is 2. The Bertz CT molecular complexity index is 1950. The van der Waals surface area contributed by atoms with Crippen LogP contribution in [0.1, 0.15) is 49.3 Å². The van der Waals surface area contributed by atoms with Crippen molar-refractivity contribution in [2.24, 2.45) is 7.05 Å². The Morgan fingerprint density at radius 1 is 1.00 bits per heavy atom. The summed E-state index contributed by atoms with van der Waals surface area (Å²) in [5, 5.41) is 14.5. The number of hydrogen-bond donors (Lipinski definition) is 3. The number of rotatable bonds is 5. The smallest absolute Gasteiger partial charge is 0.324 e. The fourth-order valence-electron chi connectivity index (χ4n) is 6.07. The number of benzene rings is 2. The molecule has 3 amide bonds. The summed E-state index contributed by atoms with van der Waals surface area (Å²) in [5.41, 5.74) is 5.65. The molecular formula is C32H30N8O3. The average Bonchev–Trinajstić information content (AvgIpc) is 3.70. The largest absolute Gasteiger partial charge is 0.326 e. The van der Waals surface area contributed by atoms with E-state index in [0.29, 0.717) is 47.0 Å². The Morgan fingerprint density at radius 3 is 2.72 bits per heavy atom. The van der Waals surface area contributed by atoms with Crippen LogP contribution in [0.5, 0.6) is 0 Å². The van der Waals surface area contributed by atoms with Gasteiger partial charge in [-0.25, -0.2) is 19.4 Å². The molecule has 2 aliphatic rings. The lowest BCUT2D eigenvalue weighted by Gasteiger charge is -2.18. The van der Waals surface area contributed by atoms with Gasteiger partial charge in [-0.15, -0.1) is 0 Å². The summed E-state index contributed by atoms with van der Waals surface area (Å²) in [6.45, 7) is 0. The van der Waals surface area contributed by atoms with Gasteiger partial charge in [0.25, 0.3) is 5.56 Å². The van der Waals surface area contributed by atoms with Gasteiger partial charge in [0.1, 0.15) is 17.8 Å². The molecule has 0 saturated heterocycles. The summed E-state index contributed by atoms with van der Waals surface area (Å²) in [6, 6.07) is 16.3. The number of carbonyl (C=O) groups is 2. The van der Waals surface area contributed by atoms with E-state index in [1.165, 1.54) is 23.7 Å². The number of anilines is 3. The van der Waals surface area contributed by atoms with Crippen molar-refractivity contribution in [2.75, 3.05) is 16.0 Å². The van der Waals surface area contributed by atoms with Gasteiger partial charge in [-0.05, 0) is 66.8 Å². The number of fused-ring (bicyclic) bond motifs is 2. The van der Waals surface area contributed by atoms with Gasteiger partial charge in [0.05, 0.1) is 11.4 Å². The second-order valence-electron chi connectivity index (χ2n) is 11.1. The molecule has 0 atom stereocenters. The summed E-state index contributed by atoms with van der Waals surface area (Å²) in [6.07, 6.45) is 8.66. The van der Waals surface area contributed by atoms with Crippen LogP contribution in [0.4, 0.5) is 22.0 Å². The van der Waals surface area contributed by atoms with E-state index in [1.807, 2.05) is 30.3 Å². The van der Waals surface area contributed by atoms with Gasteiger partial charge < -0.3 is 10.6 Å². The van der Waals surface area contributed by atoms with Gasteiger partial charge in [0.2, 0.25) is 5.91 Å². The molecule has 0 unspecified atom stereocenters. The molecule has 1 fully saturated rings. The van der Waals surface area contributed by atoms with E-state index < -0.39 is 6.03 Å². The molecule has 1 saturated carbocycles. The van der Waals surface area contributed by atoms with Crippen molar-refractivity contribution in [3.8, 4) is 16.8 Å². The zero-order valence-corrected chi connectivity index (χ0v) is 23.6. The maximum Gasteiger partial charge on any atom is 0.324 e. The Kier molecular flexibility index (Phi) is 6.69. The van der Waals surface area contributed by atoms with Crippen LogP contribution in [0.25, 0.3) is 27.8 Å². The fraction of sp³-hybridized carbons (Fsp3) is 0.250. The summed E-state index contributed by atoms with van der Waals surface area (Å²) in [7, 11) is 1.68. The molecule has 11 nitrogen and oxygen atoms in total. The molecule has 5 aromatic rings. The topological polar surface area (TPSA) is 136 Å². The highest BCUT2D eigenvalue weighted by Gasteiger charge is 2.24. The summed E-state index contributed by atoms with van der Waals surface area (Å²) in [4.78, 5) is 46.6. The molecule has 216 valence electrons. The van der Waals surface area contributed by atoms with Crippen LogP contribution in [-0.2, 0) is 18.3 Å². The van der Waals surface area contributed by atoms with Gasteiger partial charge in [0, 0.05) is 54.0 Å². The van der Waals surface area contributed by atoms with E-state index in [0.717, 1.165) is 40.9 Å². The maximum absolute atomic E-state index is 13.3. The number of amides is 3. The summed E-state index contributed by atoms with van der Waals surface area (Å²) in [5.74, 6) is 0.924. The lowest BCUT2D eigenvalue weighted by atomic mass is 10.0. The van der Waals surface area contributed by atoms with Gasteiger partial charge in [0.15, 0.2) is 0 Å². The molecule has 4 heterocycles. The molecule has 43 heavy (non-hydrogen) atoms. The van der Waals surface area contributed by atoms with Crippen molar-refractivity contribution in [1.29, 1.82) is 0 Å². The van der Waals surface area contributed by atoms with E-state index in [2.05, 4.69) is 25.9 Å². The van der Waals surface area contributed by atoms with Crippen LogP contribution in [0.15, 0.2) is 71.9 Å². The number of nitrogens with zero attached hydrogens (tertiary/aromatic N) is 5. The molecule has 3 aromatic heterocycles. The molecule has 11 heteroatoms. The van der Waals surface area contributed by atoms with Crippen LogP contribution in [-0.4, -0.2) is 36.3 Å². The van der Waals surface area contributed by atoms with Crippen molar-refractivity contribution >= 4 is 40.2 Å². The van der Waals surface area contributed by atoms with Crippen molar-refractivity contribution in [2.45, 2.75) is 44.4 Å². The first-order valence-electron chi connectivity index (χ1n) is 14.4. The average molecular weight is 575 g/mol. The number of carbonyl (C=O) groups excluding carboxylic acids is 2. The number of aromatic nitrogens is 5. The summed E-state index contributed by atoms with van der Waals surface area (Å²) < 4.78 is 3.26. The quantitative estimate of drug-likeness (QED) is 0.258. The monoisotopic (exact) mass is 574 g/mol. The van der Waals surface area contributed by atoms with Crippen molar-refractivity contribution < 1.29 is 9.59 Å². The SMILES string of the molecule is Cn1c(=O)c(-c2cccc(NC(=O)Nc3cc(C4CCCC4)nn3-c3ccc4c(c3)CCC(=O)N4)c2)cc2cncnc21. The summed E-state index contributed by atoms with van der Waals surface area (Å²) >= 11 is 0. The zero-order valence-electron chi connectivity index (χ0n) is 23.6. The first kappa shape index (κ1) is 26.6. The Labute approximate surface area is 247 Å². The number of pyridine rings is 1. The predicted octanol–water partition coefficient (Wildman–Crippen LogP) is 5.37. The van der Waals surface area contributed by atoms with Crippen LogP contribution >= 0.6 is 0 Å². The molecule has 0 radical (unpaired) electrons. The third kappa shape index (κ3) is 5.14. The van der Waals surface area contributed by atoms with Crippen LogP contribution < -0.4 is 21.5 Å². The first-order valence-corrected chi connectivity index (χ1v) is 14.4. The Balaban J connectivity index is 1.17. The van der Waals surface area contributed by atoms with E-state index in [-0.39, 0.29) is 11.5 Å². The maximum atomic E-state index is 13.3. The molecule has 0 bridgehead atoms. The molecule has 1 aliphatic carbocycles. The fourth-order valence-corrected chi connectivity index (χ4v) is 6.07. The molecule has 7 rings (SSSR count). The molecular weight excluding hydrogens is 544 g/mol. The van der Waals surface area contributed by atoms with E-state index in [4.69, 9.17) is 5.10 Å². The molecule has 1 aliphatic heterocycles. The highest BCUT2D eigenvalue weighted by Crippen LogP contribution is 2.36. The van der Waals surface area contributed by atoms with Crippen molar-refractivity contribution in [3.05, 3.63) is 88.7 Å². The van der Waals surface area contributed by atoms with Gasteiger partial charge in [-0.2, -0.15) is 5.10 Å². The Hall–Kier alpha value is -5.32. The second kappa shape index (κ2) is 10.8. The normalized spacial score (nSPS) is 14.9. The number of hydrogen-bond acceptors (Lipinski definition) is 6. The number of urea groups is 1. The molecule has 0 spiro atoms. The van der Waals surface area contributed by atoms with Crippen LogP contribution in [0.3, 0.4) is 0 Å². The predicted molar refractivity (Wildman–Crippen MR) is 165 cm³/mol. The molecule has 2 aromatic carbocycles. The minimum absolute atomic E-state index is 0.0148. The zero-order chi connectivity index (χ0) is 29.5. The van der Waals surface area contributed by atoms with Gasteiger partial charge >= 0.3 is 6.03 Å². The van der Waals surface area contributed by atoms with Gasteiger partial charge in [-0.1, -0.05) is 25.0 Å². The third-order valence-corrected chi connectivity index (χ3v) is 8.27. The Morgan fingerprint density at radius 2 is 1.86 bits per heavy atom. The minimum Gasteiger partial charge on any atom is -0.326 e. The minimum atomic E-state index is -0.429. The number of nitrogens with one attached hydrogen (secondary N) is 3. The first-order chi connectivity index (χ1) is 20.9. The lowest BCUT2D eigenvalue weighted by molar-refractivity contribution is -0.116. The van der Waals surface area contributed by atoms with Crippen molar-refractivity contribution in [1.82, 2.24) is 24.3 Å². The van der Waals surface area contributed by atoms with Crippen LogP contribution in [0.2, 0.25) is 0 Å². The van der Waals surface area contributed by atoms with Crippen LogP contribution in [0, 0.1) is 0 Å². The van der Waals surface area contributed by atoms with Gasteiger partial charge in [-0.3, -0.25) is 19.5 Å². The van der Waals surface area contributed by atoms with E-state index in [9.17, 15) is 14.4 Å². The van der Waals surface area contributed by atoms with Crippen molar-refractivity contribution in [3.63, 3.8) is 0 Å². The lowest BCUT2D eigenvalue weighted by Crippen LogP contribution is -2.22. The third-order valence-electron chi connectivity index (χ3n) is 8.27. The standard InChI is InChI=1S/C32H30N8O3/c1-39-30-22(17-33-18-34-30)15-25(31(39)42)20-7-4-8-23(13-20)35-32(43)37-28-16-27(19-5-2-3-6-19)38-40(28)24-10-11-26-21(14-24)9-12-29(41)36-26/h4,7-8,10-11,13-19H,2-3,5-6,9,12H2,1H3,(H,36,41)(H2,35,37,43). The highest BCUT2D eigenvalue weighted by molar-refractivity contribution is 6.00.